The normalized spacial score (nSPS) is 13.6. The lowest BCUT2D eigenvalue weighted by Gasteiger charge is -2.39. The summed E-state index contributed by atoms with van der Waals surface area (Å²) in [5.74, 6) is 0. The highest BCUT2D eigenvalue weighted by Gasteiger charge is 2.51. The number of para-hydroxylation sites is 1. The molecule has 0 fully saturated rings. The van der Waals surface area contributed by atoms with Crippen molar-refractivity contribution in [1.29, 1.82) is 5.26 Å². The molecule has 10 rings (SSSR count). The average Bonchev–Trinajstić information content (AvgIpc) is 3.62. The van der Waals surface area contributed by atoms with E-state index >= 15 is 0 Å². The molecule has 218 valence electrons. The second kappa shape index (κ2) is 9.77. The van der Waals surface area contributed by atoms with E-state index in [-0.39, 0.29) is 0 Å². The van der Waals surface area contributed by atoms with Crippen molar-refractivity contribution in [3.05, 3.63) is 174 Å². The van der Waals surface area contributed by atoms with Crippen molar-refractivity contribution in [2.24, 2.45) is 0 Å². The molecule has 4 heterocycles. The minimum Gasteiger partial charge on any atom is -0.309 e. The summed E-state index contributed by atoms with van der Waals surface area (Å²) in [4.78, 5) is 12.3. The molecule has 0 N–H and O–H groups in total. The lowest BCUT2D eigenvalue weighted by Crippen LogP contribution is -2.32. The molecule has 1 aliphatic heterocycles. The van der Waals surface area contributed by atoms with E-state index in [1.807, 2.05) is 54.5 Å². The van der Waals surface area contributed by atoms with Crippen LogP contribution in [0, 0.1) is 11.3 Å². The number of fused-ring (bicyclic) bond motifs is 12. The minimum atomic E-state index is -0.532. The van der Waals surface area contributed by atoms with E-state index in [4.69, 9.17) is 9.97 Å². The predicted molar refractivity (Wildman–Crippen MR) is 188 cm³/mol. The summed E-state index contributed by atoms with van der Waals surface area (Å²) in [6.45, 7) is 0. The molecule has 47 heavy (non-hydrogen) atoms. The molecule has 2 aliphatic rings. The van der Waals surface area contributed by atoms with E-state index in [0.717, 1.165) is 50.0 Å². The zero-order valence-electron chi connectivity index (χ0n) is 25.1. The first-order valence-electron chi connectivity index (χ1n) is 15.6. The topological polar surface area (TPSA) is 54.5 Å². The number of aromatic nitrogens is 3. The van der Waals surface area contributed by atoms with Crippen LogP contribution >= 0.6 is 11.8 Å². The van der Waals surface area contributed by atoms with Crippen molar-refractivity contribution >= 4 is 33.6 Å². The largest absolute Gasteiger partial charge is 0.309 e. The minimum absolute atomic E-state index is 0.532. The van der Waals surface area contributed by atoms with Crippen LogP contribution in [0.5, 0.6) is 0 Å². The highest BCUT2D eigenvalue weighted by molar-refractivity contribution is 7.99. The van der Waals surface area contributed by atoms with E-state index in [2.05, 4.69) is 114 Å². The molecule has 5 aromatic carbocycles. The Hall–Kier alpha value is -5.96. The fraction of sp³-hybridized carbons (Fsp3) is 0.0238. The zero-order valence-corrected chi connectivity index (χ0v) is 25.9. The molecule has 0 bridgehead atoms. The molecule has 8 aromatic rings. The van der Waals surface area contributed by atoms with Gasteiger partial charge in [-0.05, 0) is 106 Å². The highest BCUT2D eigenvalue weighted by atomic mass is 32.2. The van der Waals surface area contributed by atoms with Crippen molar-refractivity contribution < 1.29 is 0 Å². The molecule has 0 saturated carbocycles. The second-order valence-electron chi connectivity index (χ2n) is 12.1. The van der Waals surface area contributed by atoms with E-state index in [1.54, 1.807) is 0 Å². The van der Waals surface area contributed by atoms with Crippen LogP contribution in [0.2, 0.25) is 0 Å². The van der Waals surface area contributed by atoms with E-state index in [9.17, 15) is 5.26 Å². The second-order valence-corrected chi connectivity index (χ2v) is 13.2. The summed E-state index contributed by atoms with van der Waals surface area (Å²) in [7, 11) is 0. The van der Waals surface area contributed by atoms with Gasteiger partial charge in [0.15, 0.2) is 0 Å². The molecular formula is C42H24N4S. The molecule has 0 amide bonds. The quantitative estimate of drug-likeness (QED) is 0.194. The first kappa shape index (κ1) is 26.3. The fourth-order valence-electron chi connectivity index (χ4n) is 7.87. The maximum Gasteiger partial charge on any atom is 0.0991 e. The smallest absolute Gasteiger partial charge is 0.0991 e. The summed E-state index contributed by atoms with van der Waals surface area (Å²) < 4.78 is 2.29. The molecule has 0 saturated heterocycles. The third-order valence-corrected chi connectivity index (χ3v) is 10.9. The molecule has 0 atom stereocenters. The average molecular weight is 617 g/mol. The Bertz CT molecular complexity index is 2580. The molecule has 1 spiro atoms. The summed E-state index contributed by atoms with van der Waals surface area (Å²) in [5, 5.41) is 12.0. The van der Waals surface area contributed by atoms with Gasteiger partial charge in [-0.25, -0.2) is 0 Å². The molecule has 3 aromatic heterocycles. The number of hydrogen-bond donors (Lipinski definition) is 0. The first-order valence-corrected chi connectivity index (χ1v) is 16.4. The molecule has 0 unspecified atom stereocenters. The van der Waals surface area contributed by atoms with Gasteiger partial charge < -0.3 is 4.57 Å². The van der Waals surface area contributed by atoms with Gasteiger partial charge in [0.1, 0.15) is 0 Å². The van der Waals surface area contributed by atoms with Crippen molar-refractivity contribution in [1.82, 2.24) is 14.5 Å². The monoisotopic (exact) mass is 616 g/mol. The third kappa shape index (κ3) is 3.53. The maximum absolute atomic E-state index is 9.78. The van der Waals surface area contributed by atoms with Gasteiger partial charge in [-0.1, -0.05) is 72.4 Å². The SMILES string of the molecule is N#Cc1ccc2c(c1)c1cc(-c3ccc4c(c3)C3(c5ccccc5S4)c4cccnc4-c4ncccc43)ccc1n2-c1ccccc1. The first-order chi connectivity index (χ1) is 23.3. The van der Waals surface area contributed by atoms with Gasteiger partial charge in [0.25, 0.3) is 0 Å². The number of rotatable bonds is 2. The lowest BCUT2D eigenvalue weighted by molar-refractivity contribution is 0.720. The van der Waals surface area contributed by atoms with Crippen LogP contribution in [0.3, 0.4) is 0 Å². The van der Waals surface area contributed by atoms with Crippen LogP contribution in [-0.4, -0.2) is 14.5 Å². The molecule has 4 nitrogen and oxygen atoms in total. The van der Waals surface area contributed by atoms with Crippen LogP contribution in [0.25, 0.3) is 50.0 Å². The van der Waals surface area contributed by atoms with Crippen LogP contribution < -0.4 is 0 Å². The van der Waals surface area contributed by atoms with Gasteiger partial charge in [0.05, 0.1) is 39.5 Å². The van der Waals surface area contributed by atoms with E-state index in [1.165, 1.54) is 32.0 Å². The van der Waals surface area contributed by atoms with Crippen molar-refractivity contribution in [3.63, 3.8) is 0 Å². The molecule has 5 heteroatoms. The van der Waals surface area contributed by atoms with Crippen LogP contribution in [0.4, 0.5) is 0 Å². The number of nitrogens with zero attached hydrogens (tertiary/aromatic N) is 4. The number of hydrogen-bond acceptors (Lipinski definition) is 4. The Labute approximate surface area is 275 Å². The maximum atomic E-state index is 9.78. The van der Waals surface area contributed by atoms with Crippen molar-refractivity contribution in [2.45, 2.75) is 15.2 Å². The van der Waals surface area contributed by atoms with E-state index < -0.39 is 5.41 Å². The Morgan fingerprint density at radius 3 is 1.94 bits per heavy atom. The summed E-state index contributed by atoms with van der Waals surface area (Å²) in [6.07, 6.45) is 3.74. The Balaban J connectivity index is 1.24. The van der Waals surface area contributed by atoms with Crippen molar-refractivity contribution in [2.75, 3.05) is 0 Å². The zero-order chi connectivity index (χ0) is 31.1. The van der Waals surface area contributed by atoms with Gasteiger partial charge in [-0.15, -0.1) is 0 Å². The summed E-state index contributed by atoms with van der Waals surface area (Å²) >= 11 is 1.83. The highest BCUT2D eigenvalue weighted by Crippen LogP contribution is 2.61. The Morgan fingerprint density at radius 2 is 1.17 bits per heavy atom. The summed E-state index contributed by atoms with van der Waals surface area (Å²) in [6, 6.07) is 49.7. The van der Waals surface area contributed by atoms with Crippen LogP contribution in [-0.2, 0) is 5.41 Å². The molecular weight excluding hydrogens is 593 g/mol. The fourth-order valence-corrected chi connectivity index (χ4v) is 9.04. The predicted octanol–water partition coefficient (Wildman–Crippen LogP) is 9.94. The van der Waals surface area contributed by atoms with Crippen molar-refractivity contribution in [3.8, 4) is 34.3 Å². The van der Waals surface area contributed by atoms with Gasteiger partial charge in [-0.2, -0.15) is 5.26 Å². The van der Waals surface area contributed by atoms with Gasteiger partial charge in [0, 0.05) is 38.6 Å². The van der Waals surface area contributed by atoms with Gasteiger partial charge >= 0.3 is 0 Å². The molecule has 1 aliphatic carbocycles. The molecule has 0 radical (unpaired) electrons. The third-order valence-electron chi connectivity index (χ3n) is 9.78. The van der Waals surface area contributed by atoms with E-state index in [0.29, 0.717) is 5.56 Å². The Morgan fingerprint density at radius 1 is 0.553 bits per heavy atom. The summed E-state index contributed by atoms with van der Waals surface area (Å²) in [5.41, 5.74) is 12.4. The Kier molecular flexibility index (Phi) is 5.46. The van der Waals surface area contributed by atoms with Gasteiger partial charge in [-0.3, -0.25) is 9.97 Å². The van der Waals surface area contributed by atoms with Crippen LogP contribution in [0.15, 0.2) is 156 Å². The van der Waals surface area contributed by atoms with Gasteiger partial charge in [0.2, 0.25) is 0 Å². The standard InChI is InChI=1S/C42H24N4S/c43-25-26-14-17-36-30(22-26)31-23-27(15-18-37(31)46(36)29-8-2-1-3-9-29)28-16-19-39-35(24-28)42(32-10-4-5-13-38(32)47-39)33-11-6-20-44-40(33)41-34(42)12-7-21-45-41/h1-24H. The number of pyridine rings is 2. The lowest BCUT2D eigenvalue weighted by atomic mass is 9.67. The van der Waals surface area contributed by atoms with Crippen LogP contribution in [0.1, 0.15) is 27.8 Å². The number of benzene rings is 5. The number of nitriles is 1.